The fraction of sp³-hybridized carbons (Fsp3) is 0.100. The summed E-state index contributed by atoms with van der Waals surface area (Å²) in [5.74, 6) is -0.0131. The fourth-order valence-corrected chi connectivity index (χ4v) is 1.37. The van der Waals surface area contributed by atoms with E-state index < -0.39 is 11.9 Å². The number of aromatic nitrogens is 1. The highest BCUT2D eigenvalue weighted by molar-refractivity contribution is 6.30. The maximum absolute atomic E-state index is 13.1. The molecule has 0 unspecified atom stereocenters. The summed E-state index contributed by atoms with van der Waals surface area (Å²) in [5, 5.41) is 3.61. The predicted molar refractivity (Wildman–Crippen MR) is 53.9 cm³/mol. The second-order valence-corrected chi connectivity index (χ2v) is 3.47. The summed E-state index contributed by atoms with van der Waals surface area (Å²) in [6.07, 6.45) is 1.49. The van der Waals surface area contributed by atoms with E-state index in [9.17, 15) is 4.39 Å². The Balaban J connectivity index is 2.34. The Bertz CT molecular complexity index is 458. The molecule has 78 valence electrons. The average Bonchev–Trinajstić information content (AvgIpc) is 2.74. The Morgan fingerprint density at radius 3 is 2.80 bits per heavy atom. The lowest BCUT2D eigenvalue weighted by Gasteiger charge is -2.08. The van der Waals surface area contributed by atoms with E-state index in [1.54, 1.807) is 12.1 Å². The third-order valence-corrected chi connectivity index (χ3v) is 2.37. The van der Waals surface area contributed by atoms with Crippen LogP contribution in [0.2, 0.25) is 5.02 Å². The molecule has 2 aromatic rings. The molecule has 5 heteroatoms. The number of nitrogens with zero attached hydrogens (tertiary/aromatic N) is 1. The third-order valence-electron chi connectivity index (χ3n) is 2.07. The van der Waals surface area contributed by atoms with Gasteiger partial charge in [-0.05, 0) is 17.7 Å². The first-order valence-electron chi connectivity index (χ1n) is 4.29. The molecule has 1 atom stereocenters. The summed E-state index contributed by atoms with van der Waals surface area (Å²) in [6.45, 7) is 0. The molecule has 3 nitrogen and oxygen atoms in total. The van der Waals surface area contributed by atoms with E-state index in [1.165, 1.54) is 18.3 Å². The van der Waals surface area contributed by atoms with Crippen molar-refractivity contribution in [2.45, 2.75) is 6.04 Å². The molecule has 1 heterocycles. The van der Waals surface area contributed by atoms with E-state index in [4.69, 9.17) is 21.9 Å². The Morgan fingerprint density at radius 2 is 2.20 bits per heavy atom. The van der Waals surface area contributed by atoms with Crippen molar-refractivity contribution in [3.05, 3.63) is 52.6 Å². The van der Waals surface area contributed by atoms with Crippen molar-refractivity contribution in [1.29, 1.82) is 0 Å². The van der Waals surface area contributed by atoms with Gasteiger partial charge in [-0.25, -0.2) is 4.39 Å². The van der Waals surface area contributed by atoms with Gasteiger partial charge in [0, 0.05) is 6.07 Å². The van der Waals surface area contributed by atoms with Gasteiger partial charge in [0.25, 0.3) is 0 Å². The van der Waals surface area contributed by atoms with E-state index in [2.05, 4.69) is 5.16 Å². The van der Waals surface area contributed by atoms with Gasteiger partial charge < -0.3 is 10.3 Å². The molecule has 0 aliphatic rings. The first kappa shape index (κ1) is 10.1. The van der Waals surface area contributed by atoms with Gasteiger partial charge in [-0.1, -0.05) is 22.8 Å². The summed E-state index contributed by atoms with van der Waals surface area (Å²) in [4.78, 5) is 0. The summed E-state index contributed by atoms with van der Waals surface area (Å²) >= 11 is 5.56. The Hall–Kier alpha value is -1.39. The molecule has 0 aliphatic heterocycles. The SMILES string of the molecule is N[C@H](c1ccc(Cl)c(F)c1)c1ccno1. The van der Waals surface area contributed by atoms with Crippen molar-refractivity contribution in [3.63, 3.8) is 0 Å². The molecule has 2 rings (SSSR count). The van der Waals surface area contributed by atoms with Crippen LogP contribution in [-0.2, 0) is 0 Å². The molecule has 2 N–H and O–H groups in total. The molecule has 1 aromatic heterocycles. The molecule has 0 fully saturated rings. The van der Waals surface area contributed by atoms with Crippen LogP contribution < -0.4 is 5.73 Å². The van der Waals surface area contributed by atoms with E-state index in [0.717, 1.165) is 0 Å². The zero-order valence-corrected chi connectivity index (χ0v) is 8.41. The lowest BCUT2D eigenvalue weighted by molar-refractivity contribution is 0.372. The number of hydrogen-bond acceptors (Lipinski definition) is 3. The van der Waals surface area contributed by atoms with Gasteiger partial charge in [-0.2, -0.15) is 0 Å². The van der Waals surface area contributed by atoms with Gasteiger partial charge in [-0.3, -0.25) is 0 Å². The third kappa shape index (κ3) is 2.00. The maximum Gasteiger partial charge on any atom is 0.157 e. The topological polar surface area (TPSA) is 52.0 Å². The Morgan fingerprint density at radius 1 is 1.40 bits per heavy atom. The van der Waals surface area contributed by atoms with Crippen LogP contribution in [0.1, 0.15) is 17.4 Å². The zero-order valence-electron chi connectivity index (χ0n) is 7.65. The van der Waals surface area contributed by atoms with Crippen molar-refractivity contribution < 1.29 is 8.91 Å². The fourth-order valence-electron chi connectivity index (χ4n) is 1.26. The monoisotopic (exact) mass is 226 g/mol. The lowest BCUT2D eigenvalue weighted by atomic mass is 10.1. The largest absolute Gasteiger partial charge is 0.359 e. The predicted octanol–water partition coefficient (Wildman–Crippen LogP) is 2.52. The molecule has 0 saturated carbocycles. The van der Waals surface area contributed by atoms with E-state index in [-0.39, 0.29) is 5.02 Å². The molecular weight excluding hydrogens is 219 g/mol. The van der Waals surface area contributed by atoms with Gasteiger partial charge in [0.1, 0.15) is 5.82 Å². The normalized spacial score (nSPS) is 12.7. The molecule has 15 heavy (non-hydrogen) atoms. The van der Waals surface area contributed by atoms with Gasteiger partial charge in [0.05, 0.1) is 17.3 Å². The summed E-state index contributed by atoms with van der Waals surface area (Å²) in [5.41, 5.74) is 6.43. The molecule has 0 aliphatic carbocycles. The second kappa shape index (κ2) is 4.00. The van der Waals surface area contributed by atoms with Crippen molar-refractivity contribution in [2.24, 2.45) is 5.73 Å². The first-order chi connectivity index (χ1) is 7.18. The highest BCUT2D eigenvalue weighted by Crippen LogP contribution is 2.23. The van der Waals surface area contributed by atoms with Gasteiger partial charge >= 0.3 is 0 Å². The van der Waals surface area contributed by atoms with Crippen molar-refractivity contribution >= 4 is 11.6 Å². The van der Waals surface area contributed by atoms with Crippen LogP contribution >= 0.6 is 11.6 Å². The molecule has 0 radical (unpaired) electrons. The van der Waals surface area contributed by atoms with Crippen LogP contribution in [0, 0.1) is 5.82 Å². The number of hydrogen-bond donors (Lipinski definition) is 1. The maximum atomic E-state index is 13.1. The molecule has 0 spiro atoms. The van der Waals surface area contributed by atoms with Crippen LogP contribution in [0.15, 0.2) is 35.0 Å². The van der Waals surface area contributed by atoms with Gasteiger partial charge in [-0.15, -0.1) is 0 Å². The Kier molecular flexibility index (Phi) is 2.70. The number of halogens is 2. The minimum absolute atomic E-state index is 0.0727. The molecular formula is C10H8ClFN2O. The van der Waals surface area contributed by atoms with Crippen molar-refractivity contribution in [1.82, 2.24) is 5.16 Å². The Labute approximate surface area is 90.6 Å². The van der Waals surface area contributed by atoms with Crippen LogP contribution in [0.25, 0.3) is 0 Å². The van der Waals surface area contributed by atoms with Crippen LogP contribution in [0.5, 0.6) is 0 Å². The van der Waals surface area contributed by atoms with E-state index in [0.29, 0.717) is 11.3 Å². The smallest absolute Gasteiger partial charge is 0.157 e. The number of benzene rings is 1. The molecule has 1 aromatic carbocycles. The van der Waals surface area contributed by atoms with Crippen LogP contribution in [0.4, 0.5) is 4.39 Å². The number of rotatable bonds is 2. The minimum Gasteiger partial charge on any atom is -0.359 e. The van der Waals surface area contributed by atoms with Crippen molar-refractivity contribution in [3.8, 4) is 0 Å². The second-order valence-electron chi connectivity index (χ2n) is 3.07. The molecule has 0 amide bonds. The minimum atomic E-state index is -0.528. The van der Waals surface area contributed by atoms with Gasteiger partial charge in [0.15, 0.2) is 5.76 Å². The summed E-state index contributed by atoms with van der Waals surface area (Å²) in [7, 11) is 0. The van der Waals surface area contributed by atoms with E-state index in [1.807, 2.05) is 0 Å². The lowest BCUT2D eigenvalue weighted by Crippen LogP contribution is -2.11. The first-order valence-corrected chi connectivity index (χ1v) is 4.67. The van der Waals surface area contributed by atoms with Crippen LogP contribution in [0.3, 0.4) is 0 Å². The summed E-state index contributed by atoms with van der Waals surface area (Å²) < 4.78 is 18.0. The highest BCUT2D eigenvalue weighted by atomic mass is 35.5. The van der Waals surface area contributed by atoms with Gasteiger partial charge in [0.2, 0.25) is 0 Å². The van der Waals surface area contributed by atoms with Crippen molar-refractivity contribution in [2.75, 3.05) is 0 Å². The molecule has 0 saturated heterocycles. The standard InChI is InChI=1S/C10H8ClFN2O/c11-7-2-1-6(5-8(7)12)10(13)9-3-4-14-15-9/h1-5,10H,13H2/t10-/m1/s1. The van der Waals surface area contributed by atoms with Crippen LogP contribution in [-0.4, -0.2) is 5.16 Å². The number of nitrogens with two attached hydrogens (primary N) is 1. The average molecular weight is 227 g/mol. The molecule has 0 bridgehead atoms. The highest BCUT2D eigenvalue weighted by Gasteiger charge is 2.13. The zero-order chi connectivity index (χ0) is 10.8. The quantitative estimate of drug-likeness (QED) is 0.856. The summed E-state index contributed by atoms with van der Waals surface area (Å²) in [6, 6.07) is 5.51. The van der Waals surface area contributed by atoms with E-state index >= 15 is 0 Å².